The molecule has 1 saturated heterocycles. The molecule has 4 rings (SSSR count). The Balaban J connectivity index is 1.76. The molecular formula is C22H24N4O2S. The number of likely N-dealkylation sites (N-methyl/N-ethyl adjacent to an activating group) is 1. The average Bonchev–Trinajstić information content (AvgIpc) is 2.77. The molecular weight excluding hydrogens is 384 g/mol. The second-order valence-electron chi connectivity index (χ2n) is 6.98. The number of benzene rings is 2. The predicted octanol–water partition coefficient (Wildman–Crippen LogP) is 3.14. The molecule has 0 radical (unpaired) electrons. The van der Waals surface area contributed by atoms with Crippen molar-refractivity contribution in [2.45, 2.75) is 9.79 Å². The first-order valence-corrected chi connectivity index (χ1v) is 10.4. The Hall–Kier alpha value is -2.77. The molecule has 3 aromatic rings. The van der Waals surface area contributed by atoms with Gasteiger partial charge in [0.15, 0.2) is 0 Å². The fourth-order valence-corrected chi connectivity index (χ4v) is 4.28. The molecule has 0 aliphatic carbocycles. The van der Waals surface area contributed by atoms with E-state index in [1.54, 1.807) is 7.11 Å². The number of anilines is 1. The van der Waals surface area contributed by atoms with Gasteiger partial charge in [-0.15, -0.1) is 0 Å². The molecule has 1 fully saturated rings. The maximum atomic E-state index is 13.4. The molecule has 2 heterocycles. The van der Waals surface area contributed by atoms with Crippen molar-refractivity contribution in [3.63, 3.8) is 0 Å². The highest BCUT2D eigenvalue weighted by atomic mass is 32.2. The van der Waals surface area contributed by atoms with E-state index in [1.165, 1.54) is 16.4 Å². The van der Waals surface area contributed by atoms with Crippen LogP contribution < -0.4 is 15.2 Å². The highest BCUT2D eigenvalue weighted by molar-refractivity contribution is 7.99. The van der Waals surface area contributed by atoms with E-state index in [2.05, 4.69) is 21.9 Å². The molecule has 6 nitrogen and oxygen atoms in total. The van der Waals surface area contributed by atoms with Crippen LogP contribution in [0.5, 0.6) is 5.75 Å². The molecule has 0 bridgehead atoms. The zero-order valence-electron chi connectivity index (χ0n) is 16.6. The minimum atomic E-state index is -0.103. The normalized spacial score (nSPS) is 14.8. The van der Waals surface area contributed by atoms with Gasteiger partial charge in [-0.25, -0.2) is 0 Å². The van der Waals surface area contributed by atoms with Gasteiger partial charge in [-0.1, -0.05) is 30.0 Å². The van der Waals surface area contributed by atoms with Gasteiger partial charge >= 0.3 is 0 Å². The fourth-order valence-electron chi connectivity index (χ4n) is 3.31. The lowest BCUT2D eigenvalue weighted by molar-refractivity contribution is 0.312. The summed E-state index contributed by atoms with van der Waals surface area (Å²) in [7, 11) is 3.77. The van der Waals surface area contributed by atoms with Crippen molar-refractivity contribution in [3.05, 3.63) is 71.1 Å². The molecule has 0 saturated carbocycles. The van der Waals surface area contributed by atoms with Crippen LogP contribution in [0.15, 0.2) is 75.4 Å². The lowest BCUT2D eigenvalue weighted by atomic mass is 10.3. The number of hydrogen-bond donors (Lipinski definition) is 0. The average molecular weight is 409 g/mol. The Kier molecular flexibility index (Phi) is 5.87. The third-order valence-corrected chi connectivity index (χ3v) is 6.13. The topological polar surface area (TPSA) is 50.6 Å². The van der Waals surface area contributed by atoms with Gasteiger partial charge in [0.1, 0.15) is 10.6 Å². The second-order valence-corrected chi connectivity index (χ2v) is 8.06. The van der Waals surface area contributed by atoms with Gasteiger partial charge in [0.05, 0.1) is 24.7 Å². The summed E-state index contributed by atoms with van der Waals surface area (Å²) in [6, 6.07) is 17.3. The molecule has 2 aromatic carbocycles. The molecule has 1 aromatic heterocycles. The van der Waals surface area contributed by atoms with E-state index in [1.807, 2.05) is 60.8 Å². The van der Waals surface area contributed by atoms with Crippen LogP contribution in [-0.4, -0.2) is 55.0 Å². The molecule has 29 heavy (non-hydrogen) atoms. The maximum Gasteiger partial charge on any atom is 0.287 e. The Morgan fingerprint density at radius 2 is 1.66 bits per heavy atom. The van der Waals surface area contributed by atoms with Gasteiger partial charge in [0.25, 0.3) is 5.56 Å². The van der Waals surface area contributed by atoms with Gasteiger partial charge in [0, 0.05) is 31.1 Å². The summed E-state index contributed by atoms with van der Waals surface area (Å²) in [4.78, 5) is 19.7. The predicted molar refractivity (Wildman–Crippen MR) is 117 cm³/mol. The van der Waals surface area contributed by atoms with Crippen LogP contribution >= 0.6 is 11.8 Å². The first-order chi connectivity index (χ1) is 14.2. The number of nitrogens with zero attached hydrogens (tertiary/aromatic N) is 4. The van der Waals surface area contributed by atoms with Gasteiger partial charge < -0.3 is 14.5 Å². The van der Waals surface area contributed by atoms with E-state index in [-0.39, 0.29) is 5.56 Å². The largest absolute Gasteiger partial charge is 0.497 e. The lowest BCUT2D eigenvalue weighted by Crippen LogP contribution is -2.45. The molecule has 0 spiro atoms. The monoisotopic (exact) mass is 408 g/mol. The highest BCUT2D eigenvalue weighted by Crippen LogP contribution is 2.33. The van der Waals surface area contributed by atoms with Crippen molar-refractivity contribution in [1.29, 1.82) is 0 Å². The number of methoxy groups -OCH3 is 1. The molecule has 0 amide bonds. The van der Waals surface area contributed by atoms with Crippen LogP contribution in [0, 0.1) is 0 Å². The van der Waals surface area contributed by atoms with Crippen LogP contribution in [0.1, 0.15) is 0 Å². The number of hydrogen-bond acceptors (Lipinski definition) is 6. The van der Waals surface area contributed by atoms with Crippen molar-refractivity contribution >= 4 is 17.4 Å². The Labute approximate surface area is 174 Å². The smallest absolute Gasteiger partial charge is 0.287 e. The van der Waals surface area contributed by atoms with E-state index in [0.29, 0.717) is 4.90 Å². The first-order valence-electron chi connectivity index (χ1n) is 9.59. The zero-order valence-corrected chi connectivity index (χ0v) is 17.4. The molecule has 150 valence electrons. The summed E-state index contributed by atoms with van der Waals surface area (Å²) >= 11 is 1.48. The summed E-state index contributed by atoms with van der Waals surface area (Å²) < 4.78 is 6.73. The molecule has 0 atom stereocenters. The maximum absolute atomic E-state index is 13.4. The summed E-state index contributed by atoms with van der Waals surface area (Å²) in [5.74, 6) is 0.796. The molecule has 1 aliphatic heterocycles. The van der Waals surface area contributed by atoms with Crippen molar-refractivity contribution in [1.82, 2.24) is 14.7 Å². The number of aromatic nitrogens is 2. The summed E-state index contributed by atoms with van der Waals surface area (Å²) in [5.41, 5.74) is 1.56. The lowest BCUT2D eigenvalue weighted by Gasteiger charge is -2.34. The van der Waals surface area contributed by atoms with Crippen LogP contribution in [-0.2, 0) is 0 Å². The van der Waals surface area contributed by atoms with Crippen LogP contribution in [0.25, 0.3) is 5.69 Å². The summed E-state index contributed by atoms with van der Waals surface area (Å²) in [6.45, 7) is 3.69. The minimum absolute atomic E-state index is 0.103. The number of ether oxygens (including phenoxy) is 1. The van der Waals surface area contributed by atoms with Gasteiger partial charge in [-0.3, -0.25) is 4.79 Å². The van der Waals surface area contributed by atoms with E-state index in [0.717, 1.165) is 48.2 Å². The van der Waals surface area contributed by atoms with Crippen molar-refractivity contribution < 1.29 is 4.74 Å². The Morgan fingerprint density at radius 1 is 0.966 bits per heavy atom. The standard InChI is InChI=1S/C22H24N4O2S/c1-24-12-14-25(15-13-24)20-16-23-26(17-6-4-3-5-7-17)22(27)21(20)29-19-10-8-18(28-2)9-11-19/h3-11,16H,12-15H2,1-2H3. The van der Waals surface area contributed by atoms with E-state index >= 15 is 0 Å². The zero-order chi connectivity index (χ0) is 20.2. The van der Waals surface area contributed by atoms with Crippen molar-refractivity contribution in [2.75, 3.05) is 45.2 Å². The van der Waals surface area contributed by atoms with Gasteiger partial charge in [-0.05, 0) is 43.4 Å². The van der Waals surface area contributed by atoms with Gasteiger partial charge in [0.2, 0.25) is 0 Å². The summed E-state index contributed by atoms with van der Waals surface area (Å²) in [6.07, 6.45) is 1.82. The molecule has 1 aliphatic rings. The third-order valence-electron chi connectivity index (χ3n) is 5.04. The molecule has 7 heteroatoms. The van der Waals surface area contributed by atoms with Crippen LogP contribution in [0.4, 0.5) is 5.69 Å². The minimum Gasteiger partial charge on any atom is -0.497 e. The van der Waals surface area contributed by atoms with Crippen LogP contribution in [0.3, 0.4) is 0 Å². The van der Waals surface area contributed by atoms with Crippen molar-refractivity contribution in [2.24, 2.45) is 0 Å². The Morgan fingerprint density at radius 3 is 2.31 bits per heavy atom. The second kappa shape index (κ2) is 8.71. The number of para-hydroxylation sites is 1. The third kappa shape index (κ3) is 4.31. The quantitative estimate of drug-likeness (QED) is 0.647. The SMILES string of the molecule is COc1ccc(Sc2c(N3CCN(C)CC3)cnn(-c3ccccc3)c2=O)cc1. The van der Waals surface area contributed by atoms with Crippen molar-refractivity contribution in [3.8, 4) is 11.4 Å². The number of piperazine rings is 1. The molecule has 0 N–H and O–H groups in total. The number of rotatable bonds is 5. The van der Waals surface area contributed by atoms with E-state index < -0.39 is 0 Å². The highest BCUT2D eigenvalue weighted by Gasteiger charge is 2.22. The van der Waals surface area contributed by atoms with E-state index in [9.17, 15) is 4.79 Å². The van der Waals surface area contributed by atoms with Crippen LogP contribution in [0.2, 0.25) is 0 Å². The van der Waals surface area contributed by atoms with E-state index in [4.69, 9.17) is 4.74 Å². The summed E-state index contributed by atoms with van der Waals surface area (Å²) in [5, 5.41) is 4.49. The Bertz CT molecular complexity index is 1010. The fraction of sp³-hybridized carbons (Fsp3) is 0.273. The molecule has 0 unspecified atom stereocenters. The van der Waals surface area contributed by atoms with Gasteiger partial charge in [-0.2, -0.15) is 9.78 Å². The first kappa shape index (κ1) is 19.5.